The number of aromatic amines is 1. The maximum atomic E-state index is 13.1. The Morgan fingerprint density at radius 2 is 1.54 bits per heavy atom. The van der Waals surface area contributed by atoms with Crippen molar-refractivity contribution in [3.05, 3.63) is 95.7 Å². The van der Waals surface area contributed by atoms with Crippen LogP contribution < -0.4 is 16.0 Å². The van der Waals surface area contributed by atoms with Crippen molar-refractivity contribution in [3.8, 4) is 11.1 Å². The summed E-state index contributed by atoms with van der Waals surface area (Å²) in [6, 6.07) is 23.4. The molecular weight excluding hydrogens is 520 g/mol. The summed E-state index contributed by atoms with van der Waals surface area (Å²) in [6.07, 6.45) is 2.27. The molecule has 0 spiro atoms. The fraction of sp³-hybridized carbons (Fsp3) is 0.281. The third-order valence-electron chi connectivity index (χ3n) is 7.52. The van der Waals surface area contributed by atoms with Gasteiger partial charge in [-0.1, -0.05) is 66.7 Å². The van der Waals surface area contributed by atoms with Crippen LogP contribution in [0.5, 0.6) is 0 Å². The Labute approximate surface area is 238 Å². The van der Waals surface area contributed by atoms with Gasteiger partial charge in [0.25, 0.3) is 0 Å². The molecule has 1 aliphatic carbocycles. The topological polar surface area (TPSA) is 133 Å². The third kappa shape index (κ3) is 6.69. The zero-order chi connectivity index (χ0) is 28.6. The number of carboxylic acid groups (broad SMARTS) is 1. The van der Waals surface area contributed by atoms with Crippen LogP contribution in [0.25, 0.3) is 22.0 Å². The molecule has 9 nitrogen and oxygen atoms in total. The average Bonchev–Trinajstić information content (AvgIpc) is 3.54. The van der Waals surface area contributed by atoms with Crippen LogP contribution in [0.2, 0.25) is 0 Å². The largest absolute Gasteiger partial charge is 0.465 e. The molecule has 0 bridgehead atoms. The van der Waals surface area contributed by atoms with Gasteiger partial charge < -0.3 is 30.8 Å². The lowest BCUT2D eigenvalue weighted by Gasteiger charge is -2.20. The van der Waals surface area contributed by atoms with Crippen LogP contribution in [0.15, 0.2) is 79.0 Å². The molecule has 0 aliphatic heterocycles. The molecule has 0 unspecified atom stereocenters. The van der Waals surface area contributed by atoms with Gasteiger partial charge in [-0.25, -0.2) is 9.59 Å². The lowest BCUT2D eigenvalue weighted by Crippen LogP contribution is -2.47. The number of hydrogen-bond donors (Lipinski definition) is 5. The Kier molecular flexibility index (Phi) is 8.83. The van der Waals surface area contributed by atoms with Crippen molar-refractivity contribution in [1.82, 2.24) is 20.9 Å². The van der Waals surface area contributed by atoms with Gasteiger partial charge in [-0.3, -0.25) is 4.79 Å². The van der Waals surface area contributed by atoms with Gasteiger partial charge in [0.2, 0.25) is 5.91 Å². The van der Waals surface area contributed by atoms with Crippen molar-refractivity contribution in [2.75, 3.05) is 19.7 Å². The average molecular weight is 555 g/mol. The van der Waals surface area contributed by atoms with E-state index in [0.29, 0.717) is 32.2 Å². The molecule has 1 aliphatic rings. The monoisotopic (exact) mass is 554 g/mol. The lowest BCUT2D eigenvalue weighted by atomic mass is 9.98. The van der Waals surface area contributed by atoms with E-state index in [1.807, 2.05) is 54.7 Å². The maximum Gasteiger partial charge on any atom is 0.407 e. The van der Waals surface area contributed by atoms with Crippen LogP contribution in [0.1, 0.15) is 41.9 Å². The van der Waals surface area contributed by atoms with Crippen LogP contribution in [0, 0.1) is 0 Å². The fourth-order valence-corrected chi connectivity index (χ4v) is 5.50. The summed E-state index contributed by atoms with van der Waals surface area (Å²) in [6.45, 7) is 0.830. The number of rotatable bonds is 12. The van der Waals surface area contributed by atoms with E-state index in [1.54, 1.807) is 0 Å². The van der Waals surface area contributed by atoms with Gasteiger partial charge in [-0.05, 0) is 59.6 Å². The number of aromatic nitrogens is 1. The molecule has 0 saturated heterocycles. The second-order valence-electron chi connectivity index (χ2n) is 10.2. The van der Waals surface area contributed by atoms with E-state index in [2.05, 4.69) is 45.2 Å². The molecular formula is C32H34N4O5. The lowest BCUT2D eigenvalue weighted by molar-refractivity contribution is -0.123. The highest BCUT2D eigenvalue weighted by Gasteiger charge is 2.29. The van der Waals surface area contributed by atoms with Gasteiger partial charge in [0, 0.05) is 36.1 Å². The molecule has 3 amide bonds. The summed E-state index contributed by atoms with van der Waals surface area (Å²) in [5.41, 5.74) is 6.64. The Bertz CT molecular complexity index is 1490. The predicted octanol–water partition coefficient (Wildman–Crippen LogP) is 5.17. The zero-order valence-electron chi connectivity index (χ0n) is 22.7. The van der Waals surface area contributed by atoms with Crippen molar-refractivity contribution < 1.29 is 24.2 Å². The first kappa shape index (κ1) is 27.8. The Balaban J connectivity index is 1.18. The van der Waals surface area contributed by atoms with Gasteiger partial charge in [0.05, 0.1) is 0 Å². The summed E-state index contributed by atoms with van der Waals surface area (Å²) in [7, 11) is 0. The summed E-state index contributed by atoms with van der Waals surface area (Å²) in [4.78, 5) is 40.0. The van der Waals surface area contributed by atoms with Gasteiger partial charge in [0.15, 0.2) is 0 Å². The molecule has 0 radical (unpaired) electrons. The number of fused-ring (bicyclic) bond motifs is 4. The Hall–Kier alpha value is -4.79. The normalized spacial score (nSPS) is 12.8. The minimum absolute atomic E-state index is 0.0845. The molecule has 3 aromatic carbocycles. The van der Waals surface area contributed by atoms with Crippen LogP contribution >= 0.6 is 0 Å². The number of carbonyl (C=O) groups excluding carboxylic acids is 2. The number of ether oxygens (including phenoxy) is 1. The molecule has 5 N–H and O–H groups in total. The number of amides is 3. The quantitative estimate of drug-likeness (QED) is 0.154. The first-order valence-corrected chi connectivity index (χ1v) is 13.9. The molecule has 1 heterocycles. The smallest absolute Gasteiger partial charge is 0.407 e. The number of nitrogens with one attached hydrogen (secondary N) is 4. The first-order chi connectivity index (χ1) is 20.0. The molecule has 1 atom stereocenters. The number of benzene rings is 3. The molecule has 41 heavy (non-hydrogen) atoms. The number of H-pyrrole nitrogens is 1. The minimum Gasteiger partial charge on any atom is -0.465 e. The molecule has 1 aromatic heterocycles. The summed E-state index contributed by atoms with van der Waals surface area (Å²) in [5, 5.41) is 17.9. The van der Waals surface area contributed by atoms with Gasteiger partial charge in [-0.15, -0.1) is 0 Å². The van der Waals surface area contributed by atoms with Crippen LogP contribution in [-0.4, -0.2) is 53.9 Å². The van der Waals surface area contributed by atoms with E-state index < -0.39 is 18.2 Å². The van der Waals surface area contributed by atoms with E-state index in [-0.39, 0.29) is 25.0 Å². The van der Waals surface area contributed by atoms with Crippen molar-refractivity contribution in [3.63, 3.8) is 0 Å². The van der Waals surface area contributed by atoms with Crippen LogP contribution in [0.3, 0.4) is 0 Å². The van der Waals surface area contributed by atoms with Crippen molar-refractivity contribution >= 4 is 29.0 Å². The summed E-state index contributed by atoms with van der Waals surface area (Å²) in [5.74, 6) is -0.386. The van der Waals surface area contributed by atoms with Crippen LogP contribution in [-0.2, 0) is 16.0 Å². The standard InChI is InChI=1S/C32H34N4O5/c37-30(33-18-16-21-19-35-28-14-6-5-9-22(21)28)29(15-7-8-17-34-31(38)39)36-32(40)41-20-27-25-12-3-1-10-23(25)24-11-2-4-13-26(24)27/h1-6,9-14,19,27,29,34-35H,7-8,15-18,20H2,(H,33,37)(H,36,40)(H,38,39)/t29-/m0/s1. The molecule has 9 heteroatoms. The number of para-hydroxylation sites is 1. The van der Waals surface area contributed by atoms with Gasteiger partial charge in [-0.2, -0.15) is 0 Å². The van der Waals surface area contributed by atoms with Gasteiger partial charge >= 0.3 is 12.2 Å². The third-order valence-corrected chi connectivity index (χ3v) is 7.52. The predicted molar refractivity (Wildman–Crippen MR) is 157 cm³/mol. The van der Waals surface area contributed by atoms with E-state index in [0.717, 1.165) is 38.7 Å². The number of unbranched alkanes of at least 4 members (excludes halogenated alkanes) is 1. The number of hydrogen-bond acceptors (Lipinski definition) is 4. The van der Waals surface area contributed by atoms with E-state index in [9.17, 15) is 14.4 Å². The molecule has 4 aromatic rings. The van der Waals surface area contributed by atoms with Crippen molar-refractivity contribution in [1.29, 1.82) is 0 Å². The Morgan fingerprint density at radius 3 is 2.27 bits per heavy atom. The van der Waals surface area contributed by atoms with Crippen molar-refractivity contribution in [2.45, 2.75) is 37.6 Å². The van der Waals surface area contributed by atoms with Crippen LogP contribution in [0.4, 0.5) is 9.59 Å². The number of carbonyl (C=O) groups is 3. The second kappa shape index (κ2) is 13.0. The van der Waals surface area contributed by atoms with Crippen molar-refractivity contribution in [2.24, 2.45) is 0 Å². The first-order valence-electron chi connectivity index (χ1n) is 13.9. The summed E-state index contributed by atoms with van der Waals surface area (Å²) < 4.78 is 5.67. The SMILES string of the molecule is O=C(O)NCCCC[C@H](NC(=O)OCC1c2ccccc2-c2ccccc21)C(=O)NCCc1c[nH]c2ccccc12. The minimum atomic E-state index is -1.09. The highest BCUT2D eigenvalue weighted by molar-refractivity contribution is 5.86. The highest BCUT2D eigenvalue weighted by Crippen LogP contribution is 2.44. The highest BCUT2D eigenvalue weighted by atomic mass is 16.5. The second-order valence-corrected chi connectivity index (χ2v) is 10.2. The van der Waals surface area contributed by atoms with E-state index in [1.165, 1.54) is 0 Å². The molecule has 5 rings (SSSR count). The molecule has 212 valence electrons. The number of alkyl carbamates (subject to hydrolysis) is 1. The fourth-order valence-electron chi connectivity index (χ4n) is 5.50. The maximum absolute atomic E-state index is 13.1. The Morgan fingerprint density at radius 1 is 0.854 bits per heavy atom. The van der Waals surface area contributed by atoms with E-state index in [4.69, 9.17) is 9.84 Å². The summed E-state index contributed by atoms with van der Waals surface area (Å²) >= 11 is 0. The molecule has 0 saturated carbocycles. The van der Waals surface area contributed by atoms with E-state index >= 15 is 0 Å². The zero-order valence-corrected chi connectivity index (χ0v) is 22.7. The van der Waals surface area contributed by atoms with Gasteiger partial charge in [0.1, 0.15) is 12.6 Å². The molecule has 0 fully saturated rings.